The van der Waals surface area contributed by atoms with E-state index >= 15 is 0 Å². The number of hydrogen-bond acceptors (Lipinski definition) is 4. The lowest BCUT2D eigenvalue weighted by Gasteiger charge is -1.95. The highest BCUT2D eigenvalue weighted by molar-refractivity contribution is 9.10. The fourth-order valence-corrected chi connectivity index (χ4v) is 1.38. The van der Waals surface area contributed by atoms with Gasteiger partial charge in [0.1, 0.15) is 0 Å². The quantitative estimate of drug-likeness (QED) is 0.569. The normalized spacial score (nSPS) is 9.92. The molecule has 0 saturated heterocycles. The maximum atomic E-state index is 10.4. The molecule has 0 N–H and O–H groups in total. The molecule has 0 fully saturated rings. The standard InChI is InChI=1S/C5H6BrN3O3/c1-8-4(9(10)11)3(6)7-5(8)12-2/h1-2H3. The molecule has 0 aliphatic carbocycles. The molecule has 0 aliphatic rings. The maximum Gasteiger partial charge on any atom is 0.391 e. The number of methoxy groups -OCH3 is 1. The van der Waals surface area contributed by atoms with Crippen LogP contribution in [0.15, 0.2) is 4.60 Å². The summed E-state index contributed by atoms with van der Waals surface area (Å²) in [6.07, 6.45) is 0. The molecule has 0 spiro atoms. The van der Waals surface area contributed by atoms with Gasteiger partial charge < -0.3 is 14.9 Å². The first-order chi connectivity index (χ1) is 5.57. The Labute approximate surface area is 76.4 Å². The molecule has 1 rings (SSSR count). The van der Waals surface area contributed by atoms with Crippen LogP contribution in [-0.2, 0) is 7.05 Å². The zero-order chi connectivity index (χ0) is 9.30. The number of ether oxygens (including phenoxy) is 1. The van der Waals surface area contributed by atoms with Crippen molar-refractivity contribution >= 4 is 21.7 Å². The van der Waals surface area contributed by atoms with Crippen molar-refractivity contribution in [2.45, 2.75) is 0 Å². The summed E-state index contributed by atoms with van der Waals surface area (Å²) in [7, 11) is 2.91. The fourth-order valence-electron chi connectivity index (χ4n) is 0.818. The predicted molar refractivity (Wildman–Crippen MR) is 44.1 cm³/mol. The highest BCUT2D eigenvalue weighted by Gasteiger charge is 2.23. The minimum atomic E-state index is -0.528. The van der Waals surface area contributed by atoms with E-state index in [1.54, 1.807) is 0 Å². The largest absolute Gasteiger partial charge is 0.451 e. The lowest BCUT2D eigenvalue weighted by atomic mass is 10.7. The Morgan fingerprint density at radius 1 is 1.75 bits per heavy atom. The van der Waals surface area contributed by atoms with E-state index in [4.69, 9.17) is 4.74 Å². The molecule has 0 atom stereocenters. The summed E-state index contributed by atoms with van der Waals surface area (Å²) in [5.41, 5.74) is 0. The zero-order valence-electron chi connectivity index (χ0n) is 6.44. The summed E-state index contributed by atoms with van der Waals surface area (Å²) < 4.78 is 6.20. The summed E-state index contributed by atoms with van der Waals surface area (Å²) >= 11 is 2.96. The molecule has 66 valence electrons. The van der Waals surface area contributed by atoms with Gasteiger partial charge in [-0.1, -0.05) is 0 Å². The Kier molecular flexibility index (Phi) is 2.32. The summed E-state index contributed by atoms with van der Waals surface area (Å²) in [4.78, 5) is 13.7. The molecule has 1 heterocycles. The smallest absolute Gasteiger partial charge is 0.391 e. The molecule has 1 aromatic rings. The summed E-state index contributed by atoms with van der Waals surface area (Å²) in [6.45, 7) is 0. The van der Waals surface area contributed by atoms with Gasteiger partial charge in [-0.25, -0.2) is 0 Å². The van der Waals surface area contributed by atoms with Crippen molar-refractivity contribution in [3.8, 4) is 6.01 Å². The molecule has 0 saturated carbocycles. The summed E-state index contributed by atoms with van der Waals surface area (Å²) in [5.74, 6) is -0.119. The second kappa shape index (κ2) is 3.10. The molecule has 0 aromatic carbocycles. The summed E-state index contributed by atoms with van der Waals surface area (Å²) in [6, 6.07) is 0.202. The number of nitrogens with zero attached hydrogens (tertiary/aromatic N) is 3. The van der Waals surface area contributed by atoms with E-state index in [2.05, 4.69) is 20.9 Å². The number of halogens is 1. The van der Waals surface area contributed by atoms with Crippen LogP contribution in [0.4, 0.5) is 5.82 Å². The van der Waals surface area contributed by atoms with Gasteiger partial charge in [-0.2, -0.15) is 9.55 Å². The van der Waals surface area contributed by atoms with Crippen molar-refractivity contribution in [2.24, 2.45) is 7.05 Å². The average Bonchev–Trinajstić information content (AvgIpc) is 2.25. The monoisotopic (exact) mass is 235 g/mol. The number of hydrogen-bond donors (Lipinski definition) is 0. The highest BCUT2D eigenvalue weighted by atomic mass is 79.9. The van der Waals surface area contributed by atoms with Crippen molar-refractivity contribution in [1.29, 1.82) is 0 Å². The zero-order valence-corrected chi connectivity index (χ0v) is 8.03. The number of nitro groups is 1. The molecule has 7 heteroatoms. The fraction of sp³-hybridized carbons (Fsp3) is 0.400. The Morgan fingerprint density at radius 3 is 2.58 bits per heavy atom. The molecule has 0 aliphatic heterocycles. The van der Waals surface area contributed by atoms with Crippen molar-refractivity contribution in [3.63, 3.8) is 0 Å². The maximum absolute atomic E-state index is 10.4. The minimum Gasteiger partial charge on any atom is -0.451 e. The first-order valence-corrected chi connectivity index (χ1v) is 3.77. The molecule has 1 aromatic heterocycles. The molecule has 0 radical (unpaired) electrons. The number of aromatic nitrogens is 2. The van der Waals surface area contributed by atoms with Gasteiger partial charge in [-0.3, -0.25) is 0 Å². The number of rotatable bonds is 2. The lowest BCUT2D eigenvalue weighted by Crippen LogP contribution is -1.99. The second-order valence-corrected chi connectivity index (χ2v) is 2.78. The SMILES string of the molecule is COc1nc(Br)c([N+](=O)[O-])n1C. The summed E-state index contributed by atoms with van der Waals surface area (Å²) in [5, 5.41) is 10.4. The molecule has 0 bridgehead atoms. The van der Waals surface area contributed by atoms with Gasteiger partial charge in [0.2, 0.25) is 4.60 Å². The van der Waals surface area contributed by atoms with Crippen LogP contribution >= 0.6 is 15.9 Å². The first kappa shape index (κ1) is 8.98. The van der Waals surface area contributed by atoms with Crippen LogP contribution in [0.1, 0.15) is 0 Å². The van der Waals surface area contributed by atoms with E-state index in [0.717, 1.165) is 0 Å². The molecular weight excluding hydrogens is 230 g/mol. The Bertz CT molecular complexity index is 322. The van der Waals surface area contributed by atoms with Crippen molar-refractivity contribution in [1.82, 2.24) is 9.55 Å². The third-order valence-corrected chi connectivity index (χ3v) is 1.87. The topological polar surface area (TPSA) is 70.2 Å². The predicted octanol–water partition coefficient (Wildman–Crippen LogP) is 1.10. The minimum absolute atomic E-state index is 0.119. The van der Waals surface area contributed by atoms with Crippen LogP contribution in [0.2, 0.25) is 0 Å². The molecule has 6 nitrogen and oxygen atoms in total. The second-order valence-electron chi connectivity index (χ2n) is 2.03. The molecule has 0 unspecified atom stereocenters. The third-order valence-electron chi connectivity index (χ3n) is 1.34. The van der Waals surface area contributed by atoms with Gasteiger partial charge in [0, 0.05) is 0 Å². The van der Waals surface area contributed by atoms with Gasteiger partial charge in [0.25, 0.3) is 0 Å². The van der Waals surface area contributed by atoms with Crippen LogP contribution in [0.3, 0.4) is 0 Å². The lowest BCUT2D eigenvalue weighted by molar-refractivity contribution is -0.392. The van der Waals surface area contributed by atoms with E-state index in [1.807, 2.05) is 0 Å². The van der Waals surface area contributed by atoms with Crippen LogP contribution < -0.4 is 4.74 Å². The van der Waals surface area contributed by atoms with Crippen LogP contribution in [0, 0.1) is 10.1 Å². The van der Waals surface area contributed by atoms with E-state index in [-0.39, 0.29) is 16.4 Å². The third kappa shape index (κ3) is 1.27. The van der Waals surface area contributed by atoms with Gasteiger partial charge in [0.15, 0.2) is 0 Å². The van der Waals surface area contributed by atoms with E-state index in [0.29, 0.717) is 0 Å². The van der Waals surface area contributed by atoms with E-state index in [9.17, 15) is 10.1 Å². The number of imidazole rings is 1. The van der Waals surface area contributed by atoms with Gasteiger partial charge in [-0.05, 0) is 20.9 Å². The van der Waals surface area contributed by atoms with Crippen LogP contribution in [0.5, 0.6) is 6.01 Å². The van der Waals surface area contributed by atoms with E-state index in [1.165, 1.54) is 18.7 Å². The molecule has 0 amide bonds. The molecule has 12 heavy (non-hydrogen) atoms. The Morgan fingerprint density at radius 2 is 2.33 bits per heavy atom. The van der Waals surface area contributed by atoms with Crippen molar-refractivity contribution in [3.05, 3.63) is 14.7 Å². The van der Waals surface area contributed by atoms with Gasteiger partial charge in [0.05, 0.1) is 14.2 Å². The van der Waals surface area contributed by atoms with Crippen LogP contribution in [0.25, 0.3) is 0 Å². The van der Waals surface area contributed by atoms with Gasteiger partial charge >= 0.3 is 11.8 Å². The average molecular weight is 236 g/mol. The van der Waals surface area contributed by atoms with Crippen molar-refractivity contribution < 1.29 is 9.66 Å². The van der Waals surface area contributed by atoms with E-state index < -0.39 is 4.92 Å². The van der Waals surface area contributed by atoms with Gasteiger partial charge in [-0.15, -0.1) is 0 Å². The molecular formula is C5H6BrN3O3. The first-order valence-electron chi connectivity index (χ1n) is 2.98. The highest BCUT2D eigenvalue weighted by Crippen LogP contribution is 2.27. The van der Waals surface area contributed by atoms with Crippen LogP contribution in [-0.4, -0.2) is 21.6 Å². The van der Waals surface area contributed by atoms with Crippen molar-refractivity contribution in [2.75, 3.05) is 7.11 Å². The Balaban J connectivity index is 3.28. The Hall–Kier alpha value is -1.11.